The van der Waals surface area contributed by atoms with Crippen molar-refractivity contribution in [1.82, 2.24) is 4.31 Å². The second-order valence-corrected chi connectivity index (χ2v) is 6.06. The van der Waals surface area contributed by atoms with Crippen LogP contribution in [0.5, 0.6) is 0 Å². The molecule has 5 heteroatoms. The molecule has 0 radical (unpaired) electrons. The molecule has 0 aliphatic heterocycles. The minimum atomic E-state index is -3.21. The minimum absolute atomic E-state index is 0.261. The largest absolute Gasteiger partial charge is 0.216 e. The SMILES string of the molecule is CCN(CC(C)C#N)S(=O)(=O)C(C)C. The molecule has 0 bridgehead atoms. The highest BCUT2D eigenvalue weighted by molar-refractivity contribution is 7.89. The number of hydrogen-bond donors (Lipinski definition) is 0. The highest BCUT2D eigenvalue weighted by Gasteiger charge is 2.25. The zero-order chi connectivity index (χ0) is 11.4. The maximum atomic E-state index is 11.7. The van der Waals surface area contributed by atoms with Crippen LogP contribution in [0.2, 0.25) is 0 Å². The number of nitrogens with zero attached hydrogens (tertiary/aromatic N) is 2. The molecule has 14 heavy (non-hydrogen) atoms. The van der Waals surface area contributed by atoms with Crippen molar-refractivity contribution in [3.05, 3.63) is 0 Å². The number of hydrogen-bond acceptors (Lipinski definition) is 3. The lowest BCUT2D eigenvalue weighted by atomic mass is 10.2. The smallest absolute Gasteiger partial charge is 0.212 e. The second-order valence-electron chi connectivity index (χ2n) is 3.57. The van der Waals surface area contributed by atoms with Crippen LogP contribution in [0, 0.1) is 17.2 Å². The maximum absolute atomic E-state index is 11.7. The van der Waals surface area contributed by atoms with Crippen molar-refractivity contribution in [2.24, 2.45) is 5.92 Å². The first-order chi connectivity index (χ1) is 6.36. The Labute approximate surface area is 86.6 Å². The van der Waals surface area contributed by atoms with Crippen molar-refractivity contribution in [1.29, 1.82) is 5.26 Å². The summed E-state index contributed by atoms with van der Waals surface area (Å²) in [6.45, 7) is 7.51. The van der Waals surface area contributed by atoms with E-state index in [1.165, 1.54) is 4.31 Å². The lowest BCUT2D eigenvalue weighted by molar-refractivity contribution is 0.395. The Morgan fingerprint density at radius 3 is 2.14 bits per heavy atom. The molecular formula is C9H18N2O2S. The summed E-state index contributed by atoms with van der Waals surface area (Å²) in [5.74, 6) is -0.261. The lowest BCUT2D eigenvalue weighted by Crippen LogP contribution is -2.38. The summed E-state index contributed by atoms with van der Waals surface area (Å²) in [4.78, 5) is 0. The van der Waals surface area contributed by atoms with E-state index >= 15 is 0 Å². The standard InChI is InChI=1S/C9H18N2O2S/c1-5-11(7-9(4)6-10)14(12,13)8(2)3/h8-9H,5,7H2,1-4H3. The van der Waals surface area contributed by atoms with E-state index in [1.807, 2.05) is 6.07 Å². The Bertz CT molecular complexity index is 303. The molecule has 0 spiro atoms. The van der Waals surface area contributed by atoms with E-state index < -0.39 is 15.3 Å². The van der Waals surface area contributed by atoms with E-state index in [0.717, 1.165) is 0 Å². The molecule has 82 valence electrons. The molecule has 0 amide bonds. The molecule has 0 saturated heterocycles. The molecule has 0 rings (SSSR count). The van der Waals surface area contributed by atoms with Gasteiger partial charge in [-0.15, -0.1) is 0 Å². The predicted molar refractivity (Wildman–Crippen MR) is 56.1 cm³/mol. The summed E-state index contributed by atoms with van der Waals surface area (Å²) in [6.07, 6.45) is 0. The van der Waals surface area contributed by atoms with Crippen LogP contribution in [0.3, 0.4) is 0 Å². The molecule has 0 aliphatic rings. The van der Waals surface area contributed by atoms with E-state index in [-0.39, 0.29) is 12.5 Å². The van der Waals surface area contributed by atoms with Gasteiger partial charge in [-0.1, -0.05) is 6.92 Å². The van der Waals surface area contributed by atoms with Gasteiger partial charge in [0.05, 0.1) is 17.2 Å². The van der Waals surface area contributed by atoms with Gasteiger partial charge in [0, 0.05) is 13.1 Å². The molecule has 0 aliphatic carbocycles. The average Bonchev–Trinajstić information content (AvgIpc) is 2.12. The topological polar surface area (TPSA) is 61.2 Å². The highest BCUT2D eigenvalue weighted by atomic mass is 32.2. The Kier molecular flexibility index (Phi) is 5.09. The molecule has 0 aromatic rings. The van der Waals surface area contributed by atoms with Crippen LogP contribution < -0.4 is 0 Å². The van der Waals surface area contributed by atoms with Crippen LogP contribution in [0.15, 0.2) is 0 Å². The van der Waals surface area contributed by atoms with Crippen molar-refractivity contribution in [3.63, 3.8) is 0 Å². The third kappa shape index (κ3) is 3.28. The van der Waals surface area contributed by atoms with Gasteiger partial charge in [0.25, 0.3) is 0 Å². The fourth-order valence-corrected chi connectivity index (χ4v) is 2.44. The molecule has 1 unspecified atom stereocenters. The van der Waals surface area contributed by atoms with Crippen molar-refractivity contribution in [2.75, 3.05) is 13.1 Å². The number of nitriles is 1. The van der Waals surface area contributed by atoms with E-state index in [9.17, 15) is 8.42 Å². The van der Waals surface area contributed by atoms with Crippen molar-refractivity contribution >= 4 is 10.0 Å². The van der Waals surface area contributed by atoms with E-state index in [4.69, 9.17) is 5.26 Å². The molecular weight excluding hydrogens is 200 g/mol. The number of sulfonamides is 1. The monoisotopic (exact) mass is 218 g/mol. The Morgan fingerprint density at radius 2 is 1.86 bits per heavy atom. The Hall–Kier alpha value is -0.600. The molecule has 0 saturated carbocycles. The quantitative estimate of drug-likeness (QED) is 0.696. The summed E-state index contributed by atoms with van der Waals surface area (Å²) in [5.41, 5.74) is 0. The van der Waals surface area contributed by atoms with Gasteiger partial charge in [-0.2, -0.15) is 5.26 Å². The summed E-state index contributed by atoms with van der Waals surface area (Å²) < 4.78 is 24.8. The molecule has 1 atom stereocenters. The van der Waals surface area contributed by atoms with E-state index in [2.05, 4.69) is 0 Å². The van der Waals surface area contributed by atoms with Gasteiger partial charge >= 0.3 is 0 Å². The fraction of sp³-hybridized carbons (Fsp3) is 0.889. The molecule has 0 aromatic heterocycles. The van der Waals surface area contributed by atoms with Gasteiger partial charge in [-0.25, -0.2) is 12.7 Å². The normalized spacial score (nSPS) is 14.4. The van der Waals surface area contributed by atoms with E-state index in [1.54, 1.807) is 27.7 Å². The van der Waals surface area contributed by atoms with Crippen molar-refractivity contribution in [2.45, 2.75) is 32.9 Å². The highest BCUT2D eigenvalue weighted by Crippen LogP contribution is 2.10. The zero-order valence-corrected chi connectivity index (χ0v) is 10.0. The average molecular weight is 218 g/mol. The van der Waals surface area contributed by atoms with Crippen LogP contribution in [0.4, 0.5) is 0 Å². The van der Waals surface area contributed by atoms with Crippen molar-refractivity contribution < 1.29 is 8.42 Å². The first-order valence-corrected chi connectivity index (χ1v) is 6.25. The first kappa shape index (κ1) is 13.4. The van der Waals surface area contributed by atoms with Crippen LogP contribution in [-0.2, 0) is 10.0 Å². The molecule has 0 heterocycles. The Balaban J connectivity index is 4.68. The van der Waals surface area contributed by atoms with Crippen LogP contribution in [0.25, 0.3) is 0 Å². The van der Waals surface area contributed by atoms with Crippen LogP contribution in [0.1, 0.15) is 27.7 Å². The third-order valence-electron chi connectivity index (χ3n) is 2.01. The summed E-state index contributed by atoms with van der Waals surface area (Å²) in [5, 5.41) is 8.19. The molecule has 4 nitrogen and oxygen atoms in total. The minimum Gasteiger partial charge on any atom is -0.212 e. The third-order valence-corrected chi connectivity index (χ3v) is 4.32. The van der Waals surface area contributed by atoms with E-state index in [0.29, 0.717) is 6.54 Å². The first-order valence-electron chi connectivity index (χ1n) is 4.74. The number of rotatable bonds is 5. The maximum Gasteiger partial charge on any atom is 0.216 e. The van der Waals surface area contributed by atoms with Crippen molar-refractivity contribution in [3.8, 4) is 6.07 Å². The van der Waals surface area contributed by atoms with Gasteiger partial charge < -0.3 is 0 Å². The zero-order valence-electron chi connectivity index (χ0n) is 9.19. The second kappa shape index (κ2) is 5.32. The van der Waals surface area contributed by atoms with Gasteiger partial charge in [0.1, 0.15) is 0 Å². The van der Waals surface area contributed by atoms with Crippen LogP contribution in [-0.4, -0.2) is 31.1 Å². The predicted octanol–water partition coefficient (Wildman–Crippen LogP) is 1.21. The summed E-state index contributed by atoms with van der Waals surface area (Å²) in [6, 6.07) is 2.03. The summed E-state index contributed by atoms with van der Waals surface area (Å²) >= 11 is 0. The van der Waals surface area contributed by atoms with Gasteiger partial charge in [-0.3, -0.25) is 0 Å². The summed E-state index contributed by atoms with van der Waals surface area (Å²) in [7, 11) is -3.21. The van der Waals surface area contributed by atoms with Crippen LogP contribution >= 0.6 is 0 Å². The molecule has 0 N–H and O–H groups in total. The van der Waals surface area contributed by atoms with Gasteiger partial charge in [0.2, 0.25) is 10.0 Å². The molecule has 0 aromatic carbocycles. The Morgan fingerprint density at radius 1 is 1.36 bits per heavy atom. The lowest BCUT2D eigenvalue weighted by Gasteiger charge is -2.23. The van der Waals surface area contributed by atoms with Gasteiger partial charge in [-0.05, 0) is 20.8 Å². The molecule has 0 fully saturated rings. The fourth-order valence-electron chi connectivity index (χ4n) is 1.06. The van der Waals surface area contributed by atoms with Gasteiger partial charge in [0.15, 0.2) is 0 Å².